The summed E-state index contributed by atoms with van der Waals surface area (Å²) in [5, 5.41) is 115. The largest absolute Gasteiger partial charge is 0.544 e. The van der Waals surface area contributed by atoms with Crippen molar-refractivity contribution in [2.75, 3.05) is 13.2 Å². The molecule has 0 aromatic heterocycles. The lowest BCUT2D eigenvalue weighted by molar-refractivity contribution is -0.840. The number of fused-ring (bicyclic) bond motifs is 1. The summed E-state index contributed by atoms with van der Waals surface area (Å²) in [4.78, 5) is 47.0. The van der Waals surface area contributed by atoms with E-state index in [2.05, 4.69) is 5.32 Å². The smallest absolute Gasteiger partial charge is 0.351 e. The van der Waals surface area contributed by atoms with Gasteiger partial charge in [0, 0.05) is 24.5 Å². The average molecular weight is 729 g/mol. The number of aliphatic hydroxyl groups excluding tert-OH is 6. The van der Waals surface area contributed by atoms with E-state index in [0.717, 1.165) is 6.07 Å². The minimum atomic E-state index is -2.09. The Labute approximate surface area is 286 Å². The van der Waals surface area contributed by atoms with E-state index in [-0.39, 0.29) is 41.4 Å². The van der Waals surface area contributed by atoms with Gasteiger partial charge in [-0.05, 0) is 23.8 Å². The molecule has 0 amide bonds. The number of ether oxygens (including phenoxy) is 4. The molecule has 51 heavy (non-hydrogen) atoms. The standard InChI is InChI=1S/C30H36N2O19/c33-8-17-18(35)20(37)24(51-29-22(39)19(36)21(38)23(50-29)28(46)47)30(49-17)48-16-6-10-5-14(27(44)45)32(13(10)7-15(16)34)2-1-9-3-11(25(40)41)31-12(4-9)26(42)43/h1,3,6-7,12,14,17-24,29-31,33-39H,2,4-5,8H2,(H,40,41)(H,42,43)(H,44,45)(H,46,47)/t12-,14-,17+,18+,19-,20-,21-,22+,23-,24+,29+,30-/m0/s1. The van der Waals surface area contributed by atoms with Crippen LogP contribution in [-0.4, -0.2) is 162 Å². The van der Waals surface area contributed by atoms with Gasteiger partial charge in [-0.15, -0.1) is 0 Å². The number of phenols is 1. The fraction of sp³-hybridized carbons (Fsp3) is 0.533. The van der Waals surface area contributed by atoms with Gasteiger partial charge in [0.05, 0.1) is 6.61 Å². The SMILES string of the molecule is O=C(O)C1=CC(=CC[NH+]2c3cc(O)c(O[C@H]4O[C@H](CO)[C@@H](O)[C@H](O)[C@H]4O[C@H]4O[C@H](C(=O)O)[C@@H](O)[C@H](O)[C@H]4O)cc3C[C@H]2C(=O)[O-])C[C@@H](C(=O)O)N1. The summed E-state index contributed by atoms with van der Waals surface area (Å²) in [7, 11) is 0. The molecular weight excluding hydrogens is 692 g/mol. The number of carbonyl (C=O) groups excluding carboxylic acids is 1. The number of quaternary nitrogens is 1. The first-order chi connectivity index (χ1) is 24.0. The van der Waals surface area contributed by atoms with Crippen LogP contribution in [-0.2, 0) is 39.8 Å². The highest BCUT2D eigenvalue weighted by Crippen LogP contribution is 2.37. The average Bonchev–Trinajstić information content (AvgIpc) is 3.43. The summed E-state index contributed by atoms with van der Waals surface area (Å²) < 4.78 is 21.9. The second-order valence-corrected chi connectivity index (χ2v) is 12.3. The van der Waals surface area contributed by atoms with Gasteiger partial charge in [-0.3, -0.25) is 4.90 Å². The Balaban J connectivity index is 1.42. The minimum Gasteiger partial charge on any atom is -0.544 e. The van der Waals surface area contributed by atoms with Crippen molar-refractivity contribution in [1.29, 1.82) is 0 Å². The molecule has 4 heterocycles. The molecule has 0 bridgehead atoms. The molecule has 1 unspecified atom stereocenters. The lowest BCUT2D eigenvalue weighted by Gasteiger charge is -2.45. The van der Waals surface area contributed by atoms with Crippen molar-refractivity contribution in [3.05, 3.63) is 41.1 Å². The topological polar surface area (TPSA) is 347 Å². The summed E-state index contributed by atoms with van der Waals surface area (Å²) in [6, 6.07) is -0.110. The highest BCUT2D eigenvalue weighted by Gasteiger charge is 2.53. The number of rotatable bonds is 11. The molecule has 0 saturated carbocycles. The molecule has 0 radical (unpaired) electrons. The van der Waals surface area contributed by atoms with Crippen molar-refractivity contribution in [2.45, 2.75) is 86.3 Å². The Morgan fingerprint density at radius 2 is 1.63 bits per heavy atom. The van der Waals surface area contributed by atoms with Crippen LogP contribution < -0.4 is 20.1 Å². The Morgan fingerprint density at radius 3 is 2.24 bits per heavy atom. The molecule has 280 valence electrons. The monoisotopic (exact) mass is 728 g/mol. The van der Waals surface area contributed by atoms with Crippen molar-refractivity contribution < 1.29 is 99.2 Å². The molecule has 1 aromatic carbocycles. The molecular formula is C30H36N2O19. The van der Waals surface area contributed by atoms with Crippen LogP contribution in [0.3, 0.4) is 0 Å². The van der Waals surface area contributed by atoms with Crippen LogP contribution in [0, 0.1) is 0 Å². The van der Waals surface area contributed by atoms with E-state index in [0.29, 0.717) is 11.1 Å². The van der Waals surface area contributed by atoms with Crippen LogP contribution in [0.5, 0.6) is 11.5 Å². The molecule has 1 aromatic rings. The van der Waals surface area contributed by atoms with Gasteiger partial charge < -0.3 is 85.2 Å². The molecule has 2 saturated heterocycles. The quantitative estimate of drug-likeness (QED) is 0.101. The first-order valence-corrected chi connectivity index (χ1v) is 15.5. The first-order valence-electron chi connectivity index (χ1n) is 15.5. The third kappa shape index (κ3) is 7.62. The Bertz CT molecular complexity index is 1600. The maximum Gasteiger partial charge on any atom is 0.351 e. The number of aromatic hydroxyl groups is 1. The fourth-order valence-electron chi connectivity index (χ4n) is 6.34. The number of nitrogens with one attached hydrogen (secondary N) is 2. The van der Waals surface area contributed by atoms with Crippen molar-refractivity contribution in [3.8, 4) is 11.5 Å². The number of hydrogen-bond donors (Lipinski definition) is 12. The second kappa shape index (κ2) is 15.1. The molecule has 2 fully saturated rings. The molecule has 4 aliphatic heterocycles. The summed E-state index contributed by atoms with van der Waals surface area (Å²) in [5.41, 5.74) is 0.482. The fourth-order valence-corrected chi connectivity index (χ4v) is 6.34. The van der Waals surface area contributed by atoms with Crippen molar-refractivity contribution in [2.24, 2.45) is 0 Å². The molecule has 5 rings (SSSR count). The van der Waals surface area contributed by atoms with Crippen LogP contribution in [0.4, 0.5) is 5.69 Å². The summed E-state index contributed by atoms with van der Waals surface area (Å²) in [6.07, 6.45) is -17.0. The number of aliphatic carboxylic acids is 4. The van der Waals surface area contributed by atoms with E-state index in [1.165, 1.54) is 18.2 Å². The predicted octanol–water partition coefficient (Wildman–Crippen LogP) is -6.98. The zero-order valence-corrected chi connectivity index (χ0v) is 26.2. The van der Waals surface area contributed by atoms with Crippen LogP contribution in [0.1, 0.15) is 12.0 Å². The minimum absolute atomic E-state index is 0.109. The normalized spacial score (nSPS) is 37.2. The zero-order chi connectivity index (χ0) is 37.5. The Morgan fingerprint density at radius 1 is 0.922 bits per heavy atom. The van der Waals surface area contributed by atoms with Crippen molar-refractivity contribution >= 4 is 29.6 Å². The maximum atomic E-state index is 12.2. The van der Waals surface area contributed by atoms with E-state index in [1.54, 1.807) is 0 Å². The van der Waals surface area contributed by atoms with Crippen LogP contribution in [0.15, 0.2) is 35.6 Å². The number of carbonyl (C=O) groups is 4. The van der Waals surface area contributed by atoms with Crippen LogP contribution in [0.2, 0.25) is 0 Å². The van der Waals surface area contributed by atoms with Gasteiger partial charge in [0.25, 0.3) is 0 Å². The van der Waals surface area contributed by atoms with E-state index in [4.69, 9.17) is 18.9 Å². The molecule has 0 spiro atoms. The molecule has 0 aliphatic carbocycles. The predicted molar refractivity (Wildman–Crippen MR) is 157 cm³/mol. The third-order valence-electron chi connectivity index (χ3n) is 9.04. The van der Waals surface area contributed by atoms with E-state index in [9.17, 15) is 75.3 Å². The van der Waals surface area contributed by atoms with Crippen molar-refractivity contribution in [3.63, 3.8) is 0 Å². The maximum absolute atomic E-state index is 12.2. The molecule has 21 nitrogen and oxygen atoms in total. The summed E-state index contributed by atoms with van der Waals surface area (Å²) in [6.45, 7) is -0.967. The third-order valence-corrected chi connectivity index (χ3v) is 9.04. The van der Waals surface area contributed by atoms with E-state index >= 15 is 0 Å². The van der Waals surface area contributed by atoms with E-state index in [1.807, 2.05) is 0 Å². The van der Waals surface area contributed by atoms with Gasteiger partial charge in [-0.25, -0.2) is 14.4 Å². The Kier molecular flexibility index (Phi) is 11.2. The highest BCUT2D eigenvalue weighted by atomic mass is 16.8. The van der Waals surface area contributed by atoms with Crippen LogP contribution in [0.25, 0.3) is 0 Å². The number of phenolic OH excluding ortho intramolecular Hbond substituents is 1. The summed E-state index contributed by atoms with van der Waals surface area (Å²) in [5.74, 6) is -6.92. The number of hydrogen-bond acceptors (Lipinski definition) is 17. The Hall–Kier alpha value is -4.42. The van der Waals surface area contributed by atoms with Crippen molar-refractivity contribution in [1.82, 2.24) is 5.32 Å². The number of allylic oxidation sites excluding steroid dienone is 1. The number of aliphatic hydroxyl groups is 6. The molecule has 21 heteroatoms. The zero-order valence-electron chi connectivity index (χ0n) is 26.2. The van der Waals surface area contributed by atoms with Gasteiger partial charge in [0.15, 0.2) is 30.0 Å². The van der Waals surface area contributed by atoms with Gasteiger partial charge in [0.2, 0.25) is 6.29 Å². The lowest BCUT2D eigenvalue weighted by atomic mass is 9.97. The lowest BCUT2D eigenvalue weighted by Crippen LogP contribution is -3.11. The van der Waals surface area contributed by atoms with Gasteiger partial charge in [-0.1, -0.05) is 0 Å². The molecule has 12 N–H and O–H groups in total. The number of carboxylic acids is 4. The molecule has 4 aliphatic rings. The van der Waals surface area contributed by atoms with Gasteiger partial charge >= 0.3 is 17.9 Å². The van der Waals surface area contributed by atoms with Gasteiger partial charge in [-0.2, -0.15) is 0 Å². The highest BCUT2D eigenvalue weighted by molar-refractivity contribution is 5.89. The van der Waals surface area contributed by atoms with Crippen LogP contribution >= 0.6 is 0 Å². The summed E-state index contributed by atoms with van der Waals surface area (Å²) >= 11 is 0. The second-order valence-electron chi connectivity index (χ2n) is 12.3. The first kappa shape index (κ1) is 37.8. The molecule has 13 atom stereocenters. The van der Waals surface area contributed by atoms with Gasteiger partial charge in [0.1, 0.15) is 72.6 Å². The number of benzene rings is 1. The number of carboxylic acid groups (broad SMARTS) is 4. The van der Waals surface area contributed by atoms with E-state index < -0.39 is 110 Å².